The van der Waals surface area contributed by atoms with E-state index in [0.29, 0.717) is 9.59 Å². The summed E-state index contributed by atoms with van der Waals surface area (Å²) in [6.07, 6.45) is 0. The second-order valence-corrected chi connectivity index (χ2v) is 12.6. The predicted octanol–water partition coefficient (Wildman–Crippen LogP) is -0.112. The summed E-state index contributed by atoms with van der Waals surface area (Å²) in [6, 6.07) is 27.4. The second kappa shape index (κ2) is 8.43. The zero-order chi connectivity index (χ0) is 17.8. The van der Waals surface area contributed by atoms with E-state index in [0.717, 1.165) is 0 Å². The molecule has 0 spiro atoms. The van der Waals surface area contributed by atoms with Crippen LogP contribution in [-0.2, 0) is 24.4 Å². The van der Waals surface area contributed by atoms with E-state index < -0.39 is 8.80 Å². The first-order chi connectivity index (χ1) is 12.7. The molecule has 4 heteroatoms. The molecule has 3 aromatic rings. The molecule has 1 atom stereocenters. The van der Waals surface area contributed by atoms with Gasteiger partial charge in [-0.15, -0.1) is 0 Å². The normalized spacial score (nSPS) is 17.0. The van der Waals surface area contributed by atoms with Gasteiger partial charge >= 0.3 is 173 Å². The summed E-state index contributed by atoms with van der Waals surface area (Å²) in [5.41, 5.74) is 10.8. The Morgan fingerprint density at radius 2 is 1.07 bits per heavy atom. The van der Waals surface area contributed by atoms with E-state index in [4.69, 9.17) is 0 Å². The minimum Gasteiger partial charge on any atom is -1.00 e. The SMILES string of the molecule is C[SiH](C)C1=C(C2c3ccccc3-c3ccccc32)[CH]([Hf+2])c2ccccc21.[Cl-].[Cl-]. The van der Waals surface area contributed by atoms with Crippen molar-refractivity contribution in [2.45, 2.75) is 22.7 Å². The van der Waals surface area contributed by atoms with Crippen molar-refractivity contribution in [1.82, 2.24) is 0 Å². The summed E-state index contributed by atoms with van der Waals surface area (Å²) < 4.78 is 0.639. The molecule has 139 valence electrons. The summed E-state index contributed by atoms with van der Waals surface area (Å²) in [6.45, 7) is 5.00. The van der Waals surface area contributed by atoms with Crippen molar-refractivity contribution in [3.8, 4) is 11.1 Å². The van der Waals surface area contributed by atoms with Crippen LogP contribution in [-0.4, -0.2) is 8.80 Å². The van der Waals surface area contributed by atoms with Crippen LogP contribution in [0.4, 0.5) is 0 Å². The van der Waals surface area contributed by atoms with Crippen molar-refractivity contribution in [1.29, 1.82) is 0 Å². The molecular formula is C24H21Cl2HfSi. The number of hydrogen-bond acceptors (Lipinski definition) is 0. The van der Waals surface area contributed by atoms with Crippen molar-refractivity contribution >= 4 is 14.0 Å². The first kappa shape index (κ1) is 21.8. The Labute approximate surface area is 196 Å². The van der Waals surface area contributed by atoms with Crippen LogP contribution in [0.1, 0.15) is 31.8 Å². The van der Waals surface area contributed by atoms with Gasteiger partial charge in [0.05, 0.1) is 0 Å². The van der Waals surface area contributed by atoms with Gasteiger partial charge in [0.25, 0.3) is 0 Å². The van der Waals surface area contributed by atoms with Gasteiger partial charge in [0.2, 0.25) is 0 Å². The van der Waals surface area contributed by atoms with Gasteiger partial charge in [-0.2, -0.15) is 0 Å². The molecule has 0 saturated heterocycles. The number of rotatable bonds is 2. The maximum atomic E-state index is 2.50. The quantitative estimate of drug-likeness (QED) is 0.368. The van der Waals surface area contributed by atoms with Crippen molar-refractivity contribution in [3.63, 3.8) is 0 Å². The van der Waals surface area contributed by atoms with Crippen LogP contribution in [0.5, 0.6) is 0 Å². The molecule has 0 heterocycles. The smallest absolute Gasteiger partial charge is 1.00 e. The number of allylic oxidation sites excluding steroid dienone is 1. The van der Waals surface area contributed by atoms with Crippen molar-refractivity contribution in [2.75, 3.05) is 0 Å². The van der Waals surface area contributed by atoms with E-state index in [2.05, 4.69) is 85.9 Å². The Morgan fingerprint density at radius 3 is 1.57 bits per heavy atom. The maximum absolute atomic E-state index is 2.50. The zero-order valence-corrected chi connectivity index (χ0v) is 22.2. The fraction of sp³-hybridized carbons (Fsp3) is 0.167. The second-order valence-electron chi connectivity index (χ2n) is 7.65. The maximum Gasteiger partial charge on any atom is -1.00 e. The Kier molecular flexibility index (Phi) is 6.56. The van der Waals surface area contributed by atoms with Crippen molar-refractivity contribution in [3.05, 3.63) is 101 Å². The standard InChI is InChI=1S/C24H21Si.2ClH.Hf/c1-25(2)24-17-10-4-3-9-16(17)15-22(24)23-20-13-7-5-11-18(20)19-12-6-8-14-21(19)23;;;/h3-15,23,25H,1-2H3;2*1H;/q;;;+2/p-2. The topological polar surface area (TPSA) is 0 Å². The largest absolute Gasteiger partial charge is 1.00 e. The molecule has 0 nitrogen and oxygen atoms in total. The average molecular weight is 587 g/mol. The first-order valence-corrected chi connectivity index (χ1v) is 14.4. The molecule has 0 N–H and O–H groups in total. The summed E-state index contributed by atoms with van der Waals surface area (Å²) in [5, 5.41) is 1.73. The molecule has 2 aliphatic carbocycles. The van der Waals surface area contributed by atoms with E-state index in [1.807, 2.05) is 0 Å². The molecule has 28 heavy (non-hydrogen) atoms. The number of hydrogen-bond donors (Lipinski definition) is 0. The molecule has 5 rings (SSSR count). The summed E-state index contributed by atoms with van der Waals surface area (Å²) in [5.74, 6) is 0.446. The predicted molar refractivity (Wildman–Crippen MR) is 109 cm³/mol. The molecule has 0 aromatic heterocycles. The fourth-order valence-electron chi connectivity index (χ4n) is 4.93. The molecule has 0 saturated carbocycles. The van der Waals surface area contributed by atoms with E-state index in [1.165, 1.54) is 46.6 Å². The molecule has 0 aliphatic heterocycles. The van der Waals surface area contributed by atoms with Crippen LogP contribution < -0.4 is 24.8 Å². The van der Waals surface area contributed by atoms with Gasteiger partial charge in [-0.1, -0.05) is 0 Å². The zero-order valence-electron chi connectivity index (χ0n) is 15.9. The third-order valence-electron chi connectivity index (χ3n) is 5.91. The molecule has 2 aliphatic rings. The van der Waals surface area contributed by atoms with Crippen LogP contribution in [0.25, 0.3) is 16.3 Å². The van der Waals surface area contributed by atoms with Gasteiger partial charge in [0.15, 0.2) is 0 Å². The number of halogens is 2. The third kappa shape index (κ3) is 3.13. The molecule has 0 fully saturated rings. The Morgan fingerprint density at radius 1 is 0.643 bits per heavy atom. The minimum absolute atomic E-state index is 0. The van der Waals surface area contributed by atoms with Crippen LogP contribution in [0.15, 0.2) is 78.4 Å². The van der Waals surface area contributed by atoms with Gasteiger partial charge in [0, 0.05) is 0 Å². The fourth-order valence-corrected chi connectivity index (χ4v) is 9.48. The molecule has 3 aromatic carbocycles. The van der Waals surface area contributed by atoms with Crippen molar-refractivity contribution < 1.29 is 49.2 Å². The number of benzene rings is 3. The summed E-state index contributed by atoms with van der Waals surface area (Å²) in [4.78, 5) is 0. The Bertz CT molecular complexity index is 1010. The Hall–Kier alpha value is -0.933. The van der Waals surface area contributed by atoms with E-state index in [1.54, 1.807) is 21.9 Å². The van der Waals surface area contributed by atoms with E-state index >= 15 is 0 Å². The molecule has 0 bridgehead atoms. The molecule has 0 radical (unpaired) electrons. The first-order valence-electron chi connectivity index (χ1n) is 9.41. The minimum atomic E-state index is -0.939. The van der Waals surface area contributed by atoms with Crippen LogP contribution in [0.3, 0.4) is 0 Å². The van der Waals surface area contributed by atoms with Crippen LogP contribution >= 0.6 is 0 Å². The van der Waals surface area contributed by atoms with Gasteiger partial charge in [-0.25, -0.2) is 0 Å². The van der Waals surface area contributed by atoms with Crippen molar-refractivity contribution in [2.24, 2.45) is 0 Å². The summed E-state index contributed by atoms with van der Waals surface area (Å²) >= 11 is 1.18. The number of fused-ring (bicyclic) bond motifs is 4. The van der Waals surface area contributed by atoms with Crippen LogP contribution in [0, 0.1) is 0 Å². The molecule has 1 unspecified atom stereocenters. The molecule has 0 amide bonds. The Balaban J connectivity index is 0.00000112. The van der Waals surface area contributed by atoms with E-state index in [9.17, 15) is 0 Å². The third-order valence-corrected chi connectivity index (χ3v) is 9.94. The summed E-state index contributed by atoms with van der Waals surface area (Å²) in [7, 11) is -0.939. The molecular weight excluding hydrogens is 566 g/mol. The van der Waals surface area contributed by atoms with Gasteiger partial charge < -0.3 is 24.8 Å². The van der Waals surface area contributed by atoms with Crippen LogP contribution in [0.2, 0.25) is 13.1 Å². The van der Waals surface area contributed by atoms with Gasteiger partial charge in [-0.05, 0) is 0 Å². The average Bonchev–Trinajstić information content (AvgIpc) is 3.14. The van der Waals surface area contributed by atoms with Gasteiger partial charge in [-0.3, -0.25) is 0 Å². The van der Waals surface area contributed by atoms with Gasteiger partial charge in [0.1, 0.15) is 0 Å². The monoisotopic (exact) mass is 587 g/mol. The van der Waals surface area contributed by atoms with E-state index in [-0.39, 0.29) is 24.8 Å².